The molecule has 1 unspecified atom stereocenters. The maximum absolute atomic E-state index is 12.6. The smallest absolute Gasteiger partial charge is 0.411 e. The van der Waals surface area contributed by atoms with Crippen molar-refractivity contribution in [3.8, 4) is 0 Å². The average Bonchev–Trinajstić information content (AvgIpc) is 2.52. The zero-order valence-corrected chi connectivity index (χ0v) is 14.4. The third kappa shape index (κ3) is 3.88. The molecule has 1 N–H and O–H groups in total. The molecule has 1 aromatic rings. The molecule has 0 aliphatic carbocycles. The third-order valence-electron chi connectivity index (χ3n) is 3.69. The van der Waals surface area contributed by atoms with E-state index >= 15 is 0 Å². The molecule has 1 aliphatic rings. The predicted octanol–water partition coefficient (Wildman–Crippen LogP) is 3.21. The molecule has 2 atom stereocenters. The summed E-state index contributed by atoms with van der Waals surface area (Å²) in [5.74, 6) is -1.69. The van der Waals surface area contributed by atoms with Crippen LogP contribution >= 0.6 is 0 Å². The second kappa shape index (κ2) is 6.95. The highest BCUT2D eigenvalue weighted by Crippen LogP contribution is 2.37. The number of benzene rings is 1. The van der Waals surface area contributed by atoms with Crippen LogP contribution in [0.2, 0.25) is 0 Å². The fraction of sp³-hybridized carbons (Fsp3) is 0.444. The highest BCUT2D eigenvalue weighted by atomic mass is 16.6. The van der Waals surface area contributed by atoms with Crippen LogP contribution in [0.5, 0.6) is 0 Å². The highest BCUT2D eigenvalue weighted by Gasteiger charge is 2.43. The predicted molar refractivity (Wildman–Crippen MR) is 88.3 cm³/mol. The van der Waals surface area contributed by atoms with Crippen LogP contribution in [0.25, 0.3) is 0 Å². The molecule has 24 heavy (non-hydrogen) atoms. The standard InChI is InChI=1S/C18H23NO5/c1-18(2,3)24-17(22)19-11-10-13(20)14(16(21)23-4)15(19)12-8-6-5-7-9-12/h5-10,14-15,20H,11H2,1-4H3/t14?,15-/m1/s1. The van der Waals surface area contributed by atoms with Gasteiger partial charge in [-0.1, -0.05) is 30.3 Å². The van der Waals surface area contributed by atoms with Crippen molar-refractivity contribution in [2.24, 2.45) is 5.92 Å². The van der Waals surface area contributed by atoms with Gasteiger partial charge in [0.05, 0.1) is 13.2 Å². The van der Waals surface area contributed by atoms with Crippen LogP contribution in [0, 0.1) is 5.92 Å². The molecule has 0 aromatic heterocycles. The monoisotopic (exact) mass is 333 g/mol. The number of esters is 1. The minimum absolute atomic E-state index is 0.101. The number of carbonyl (C=O) groups is 2. The Morgan fingerprint density at radius 3 is 2.38 bits per heavy atom. The molecule has 0 bridgehead atoms. The van der Waals surface area contributed by atoms with Gasteiger partial charge in [0.2, 0.25) is 0 Å². The van der Waals surface area contributed by atoms with E-state index in [0.717, 1.165) is 5.56 Å². The lowest BCUT2D eigenvalue weighted by Gasteiger charge is -2.39. The molecule has 1 aliphatic heterocycles. The molecule has 2 rings (SSSR count). The summed E-state index contributed by atoms with van der Waals surface area (Å²) in [4.78, 5) is 26.2. The zero-order valence-electron chi connectivity index (χ0n) is 14.4. The molecule has 6 heteroatoms. The van der Waals surface area contributed by atoms with E-state index < -0.39 is 29.6 Å². The number of carbonyl (C=O) groups excluding carboxylic acids is 2. The van der Waals surface area contributed by atoms with Crippen LogP contribution < -0.4 is 0 Å². The lowest BCUT2D eigenvalue weighted by Crippen LogP contribution is -2.47. The summed E-state index contributed by atoms with van der Waals surface area (Å²) in [6.07, 6.45) is 0.888. The number of rotatable bonds is 2. The first-order chi connectivity index (χ1) is 11.2. The second-order valence-electron chi connectivity index (χ2n) is 6.62. The number of ether oxygens (including phenoxy) is 2. The summed E-state index contributed by atoms with van der Waals surface area (Å²) < 4.78 is 10.3. The number of aliphatic hydroxyl groups is 1. The fourth-order valence-corrected chi connectivity index (χ4v) is 2.68. The van der Waals surface area contributed by atoms with E-state index in [-0.39, 0.29) is 12.3 Å². The Bertz CT molecular complexity index is 633. The van der Waals surface area contributed by atoms with Gasteiger partial charge >= 0.3 is 12.1 Å². The molecule has 0 fully saturated rings. The lowest BCUT2D eigenvalue weighted by molar-refractivity contribution is -0.147. The normalized spacial score (nSPS) is 21.0. The first-order valence-corrected chi connectivity index (χ1v) is 7.76. The molecule has 0 saturated carbocycles. The van der Waals surface area contributed by atoms with Crippen LogP contribution in [0.4, 0.5) is 4.79 Å². The molecule has 1 amide bonds. The van der Waals surface area contributed by atoms with E-state index in [2.05, 4.69) is 0 Å². The van der Waals surface area contributed by atoms with E-state index in [1.165, 1.54) is 18.1 Å². The van der Waals surface area contributed by atoms with Crippen LogP contribution in [-0.2, 0) is 14.3 Å². The third-order valence-corrected chi connectivity index (χ3v) is 3.69. The van der Waals surface area contributed by atoms with Gasteiger partial charge in [-0.3, -0.25) is 9.69 Å². The first-order valence-electron chi connectivity index (χ1n) is 7.76. The summed E-state index contributed by atoms with van der Waals surface area (Å²) in [7, 11) is 1.25. The highest BCUT2D eigenvalue weighted by molar-refractivity contribution is 5.79. The fourth-order valence-electron chi connectivity index (χ4n) is 2.68. The van der Waals surface area contributed by atoms with E-state index in [1.54, 1.807) is 32.9 Å². The van der Waals surface area contributed by atoms with Gasteiger partial charge in [-0.05, 0) is 32.4 Å². The van der Waals surface area contributed by atoms with E-state index in [1.807, 2.05) is 18.2 Å². The summed E-state index contributed by atoms with van der Waals surface area (Å²) in [5.41, 5.74) is 0.0564. The van der Waals surface area contributed by atoms with Crippen molar-refractivity contribution in [2.45, 2.75) is 32.4 Å². The summed E-state index contributed by atoms with van der Waals surface area (Å²) >= 11 is 0. The van der Waals surface area contributed by atoms with Gasteiger partial charge in [0, 0.05) is 6.54 Å². The Labute approximate surface area is 141 Å². The Morgan fingerprint density at radius 1 is 1.21 bits per heavy atom. The quantitative estimate of drug-likeness (QED) is 0.841. The molecule has 130 valence electrons. The number of nitrogens with zero attached hydrogens (tertiary/aromatic N) is 1. The largest absolute Gasteiger partial charge is 0.512 e. The van der Waals surface area contributed by atoms with Gasteiger partial charge in [0.25, 0.3) is 0 Å². The Kier molecular flexibility index (Phi) is 5.17. The second-order valence-corrected chi connectivity index (χ2v) is 6.62. The van der Waals surface area contributed by atoms with Gasteiger partial charge < -0.3 is 14.6 Å². The van der Waals surface area contributed by atoms with Crippen molar-refractivity contribution < 1.29 is 24.2 Å². The molecular weight excluding hydrogens is 310 g/mol. The Hall–Kier alpha value is -2.50. The molecule has 1 aromatic carbocycles. The molecule has 6 nitrogen and oxygen atoms in total. The zero-order chi connectivity index (χ0) is 17.9. The van der Waals surface area contributed by atoms with E-state index in [0.29, 0.717) is 0 Å². The van der Waals surface area contributed by atoms with Crippen LogP contribution in [0.15, 0.2) is 42.2 Å². The first kappa shape index (κ1) is 17.8. The van der Waals surface area contributed by atoms with Gasteiger partial charge in [-0.25, -0.2) is 4.79 Å². The van der Waals surface area contributed by atoms with Gasteiger partial charge in [-0.15, -0.1) is 0 Å². The molecular formula is C18H23NO5. The SMILES string of the molecule is COC(=O)C1C(O)=CCN(C(=O)OC(C)(C)C)[C@@H]1c1ccccc1. The van der Waals surface area contributed by atoms with Gasteiger partial charge in [0.15, 0.2) is 0 Å². The van der Waals surface area contributed by atoms with Crippen molar-refractivity contribution in [1.82, 2.24) is 4.90 Å². The maximum Gasteiger partial charge on any atom is 0.411 e. The van der Waals surface area contributed by atoms with E-state index in [9.17, 15) is 14.7 Å². The summed E-state index contributed by atoms with van der Waals surface area (Å²) in [6, 6.07) is 8.37. The van der Waals surface area contributed by atoms with Crippen molar-refractivity contribution in [1.29, 1.82) is 0 Å². The Balaban J connectivity index is 2.45. The van der Waals surface area contributed by atoms with E-state index in [4.69, 9.17) is 9.47 Å². The summed E-state index contributed by atoms with van der Waals surface area (Å²) in [6.45, 7) is 5.47. The van der Waals surface area contributed by atoms with Gasteiger partial charge in [0.1, 0.15) is 17.3 Å². The number of hydrogen-bond donors (Lipinski definition) is 1. The minimum atomic E-state index is -0.987. The van der Waals surface area contributed by atoms with Crippen LogP contribution in [0.3, 0.4) is 0 Å². The van der Waals surface area contributed by atoms with Crippen molar-refractivity contribution >= 4 is 12.1 Å². The number of amides is 1. The molecule has 0 saturated heterocycles. The number of aliphatic hydroxyl groups excluding tert-OH is 1. The van der Waals surface area contributed by atoms with Crippen molar-refractivity contribution in [3.63, 3.8) is 0 Å². The average molecular weight is 333 g/mol. The van der Waals surface area contributed by atoms with Crippen LogP contribution in [-0.4, -0.2) is 41.3 Å². The molecule has 1 heterocycles. The minimum Gasteiger partial charge on any atom is -0.512 e. The Morgan fingerprint density at radius 2 is 1.83 bits per heavy atom. The molecule has 0 radical (unpaired) electrons. The maximum atomic E-state index is 12.6. The molecule has 0 spiro atoms. The van der Waals surface area contributed by atoms with Crippen molar-refractivity contribution in [2.75, 3.05) is 13.7 Å². The van der Waals surface area contributed by atoms with Crippen LogP contribution in [0.1, 0.15) is 32.4 Å². The number of methoxy groups -OCH3 is 1. The number of hydrogen-bond acceptors (Lipinski definition) is 5. The summed E-state index contributed by atoms with van der Waals surface area (Å²) in [5, 5.41) is 10.2. The van der Waals surface area contributed by atoms with Crippen molar-refractivity contribution in [3.05, 3.63) is 47.7 Å². The topological polar surface area (TPSA) is 76.1 Å². The lowest BCUT2D eigenvalue weighted by atomic mass is 9.87. The van der Waals surface area contributed by atoms with Gasteiger partial charge in [-0.2, -0.15) is 0 Å².